The van der Waals surface area contributed by atoms with Gasteiger partial charge >= 0.3 is 0 Å². The normalized spacial score (nSPS) is 10.2. The summed E-state index contributed by atoms with van der Waals surface area (Å²) in [4.78, 5) is 8.62. The van der Waals surface area contributed by atoms with Gasteiger partial charge in [-0.25, -0.2) is 0 Å². The van der Waals surface area contributed by atoms with Crippen molar-refractivity contribution < 1.29 is 5.11 Å². The van der Waals surface area contributed by atoms with Crippen LogP contribution in [-0.4, -0.2) is 55.6 Å². The highest BCUT2D eigenvalue weighted by atomic mass is 16.3. The number of hydrogen-bond acceptors (Lipinski definition) is 2. The Balaban J connectivity index is 2.75. The third-order valence-electron chi connectivity index (χ3n) is 3.00. The van der Waals surface area contributed by atoms with Crippen LogP contribution < -0.4 is 0 Å². The van der Waals surface area contributed by atoms with Crippen LogP contribution in [0.4, 0.5) is 0 Å². The molecule has 4 heteroatoms. The number of aliphatic imine (C=N–C) groups is 1. The molecule has 0 aliphatic carbocycles. The van der Waals surface area contributed by atoms with Crippen LogP contribution >= 0.6 is 0 Å². The summed E-state index contributed by atoms with van der Waals surface area (Å²) in [5.74, 6) is 1.36. The van der Waals surface area contributed by atoms with Crippen molar-refractivity contribution in [3.63, 3.8) is 0 Å². The van der Waals surface area contributed by atoms with Crippen molar-refractivity contribution in [1.29, 1.82) is 0 Å². The summed E-state index contributed by atoms with van der Waals surface area (Å²) in [6.45, 7) is 4.61. The van der Waals surface area contributed by atoms with E-state index in [2.05, 4.69) is 4.99 Å². The van der Waals surface area contributed by atoms with Crippen molar-refractivity contribution in [3.8, 4) is 5.75 Å². The summed E-state index contributed by atoms with van der Waals surface area (Å²) in [5, 5.41) is 9.75. The van der Waals surface area contributed by atoms with E-state index >= 15 is 0 Å². The van der Waals surface area contributed by atoms with E-state index in [1.807, 2.05) is 64.0 Å². The third kappa shape index (κ3) is 4.16. The number of phenolic OH excluding ortho intramolecular Hbond substituents is 1. The molecule has 1 aromatic carbocycles. The number of hydrogen-bond donors (Lipinski definition) is 1. The van der Waals surface area contributed by atoms with Crippen LogP contribution in [0.5, 0.6) is 5.75 Å². The van der Waals surface area contributed by atoms with Crippen molar-refractivity contribution in [1.82, 2.24) is 9.80 Å². The lowest BCUT2D eigenvalue weighted by atomic mass is 10.0. The summed E-state index contributed by atoms with van der Waals surface area (Å²) in [6.07, 6.45) is 0.882. The van der Waals surface area contributed by atoms with E-state index in [1.54, 1.807) is 0 Å². The lowest BCUT2D eigenvalue weighted by Gasteiger charge is -2.22. The molecule has 0 aliphatic heterocycles. The van der Waals surface area contributed by atoms with E-state index in [9.17, 15) is 5.11 Å². The Morgan fingerprint density at radius 2 is 1.53 bits per heavy atom. The lowest BCUT2D eigenvalue weighted by molar-refractivity contribution is 0.466. The first-order valence-electron chi connectivity index (χ1n) is 6.51. The maximum Gasteiger partial charge on any atom is 0.195 e. The van der Waals surface area contributed by atoms with Crippen molar-refractivity contribution in [2.24, 2.45) is 4.99 Å². The molecule has 4 nitrogen and oxygen atoms in total. The third-order valence-corrected chi connectivity index (χ3v) is 3.00. The Kier molecular flexibility index (Phi) is 5.21. The molecule has 0 saturated carbocycles. The van der Waals surface area contributed by atoms with E-state index in [-0.39, 0.29) is 0 Å². The molecule has 19 heavy (non-hydrogen) atoms. The second-order valence-electron chi connectivity index (χ2n) is 5.30. The molecule has 0 fully saturated rings. The fourth-order valence-electron chi connectivity index (χ4n) is 2.16. The maximum atomic E-state index is 9.75. The van der Waals surface area contributed by atoms with E-state index < -0.39 is 0 Å². The molecular formula is C15H25N3O. The van der Waals surface area contributed by atoms with Crippen molar-refractivity contribution in [2.45, 2.75) is 20.3 Å². The summed E-state index contributed by atoms with van der Waals surface area (Å²) in [7, 11) is 7.97. The highest BCUT2D eigenvalue weighted by molar-refractivity contribution is 5.79. The topological polar surface area (TPSA) is 39.1 Å². The van der Waals surface area contributed by atoms with Gasteiger partial charge in [-0.3, -0.25) is 4.99 Å². The Morgan fingerprint density at radius 1 is 1.05 bits per heavy atom. The minimum absolute atomic E-state index is 0.398. The van der Waals surface area contributed by atoms with Gasteiger partial charge < -0.3 is 14.9 Å². The molecule has 106 valence electrons. The molecule has 1 N–H and O–H groups in total. The van der Waals surface area contributed by atoms with Crippen molar-refractivity contribution in [3.05, 3.63) is 28.8 Å². The molecule has 1 rings (SSSR count). The predicted molar refractivity (Wildman–Crippen MR) is 81.0 cm³/mol. The van der Waals surface area contributed by atoms with Crippen LogP contribution in [0, 0.1) is 13.8 Å². The average Bonchev–Trinajstić information content (AvgIpc) is 2.30. The smallest absolute Gasteiger partial charge is 0.195 e. The van der Waals surface area contributed by atoms with E-state index in [0.29, 0.717) is 5.75 Å². The monoisotopic (exact) mass is 263 g/mol. The Hall–Kier alpha value is -1.71. The molecule has 0 saturated heterocycles. The largest absolute Gasteiger partial charge is 0.507 e. The van der Waals surface area contributed by atoms with Gasteiger partial charge in [0, 0.05) is 34.7 Å². The number of benzene rings is 1. The van der Waals surface area contributed by atoms with Crippen LogP contribution in [0.25, 0.3) is 0 Å². The number of aromatic hydroxyl groups is 1. The molecule has 0 atom stereocenters. The molecule has 0 unspecified atom stereocenters. The minimum Gasteiger partial charge on any atom is -0.507 e. The van der Waals surface area contributed by atoms with Gasteiger partial charge in [0.05, 0.1) is 0 Å². The molecule has 0 amide bonds. The van der Waals surface area contributed by atoms with Crippen LogP contribution in [0.2, 0.25) is 0 Å². The molecule has 0 aromatic heterocycles. The SMILES string of the molecule is Cc1cc(CCN=C(N(C)C)N(C)C)cc(C)c1O. The molecule has 0 spiro atoms. The second kappa shape index (κ2) is 6.45. The number of phenols is 1. The van der Waals surface area contributed by atoms with Gasteiger partial charge in [-0.15, -0.1) is 0 Å². The number of nitrogens with zero attached hydrogens (tertiary/aromatic N) is 3. The van der Waals surface area contributed by atoms with Gasteiger partial charge in [0.2, 0.25) is 0 Å². The summed E-state index contributed by atoms with van der Waals surface area (Å²) in [6, 6.07) is 4.06. The highest BCUT2D eigenvalue weighted by Gasteiger charge is 2.05. The van der Waals surface area contributed by atoms with Crippen molar-refractivity contribution >= 4 is 5.96 Å². The van der Waals surface area contributed by atoms with Gasteiger partial charge in [-0.1, -0.05) is 12.1 Å². The van der Waals surface area contributed by atoms with Crippen LogP contribution in [0.15, 0.2) is 17.1 Å². The zero-order chi connectivity index (χ0) is 14.6. The van der Waals surface area contributed by atoms with Crippen molar-refractivity contribution in [2.75, 3.05) is 34.7 Å². The molecule has 0 radical (unpaired) electrons. The predicted octanol–water partition coefficient (Wildman–Crippen LogP) is 2.03. The zero-order valence-corrected chi connectivity index (χ0v) is 12.9. The summed E-state index contributed by atoms with van der Waals surface area (Å²) < 4.78 is 0. The minimum atomic E-state index is 0.398. The highest BCUT2D eigenvalue weighted by Crippen LogP contribution is 2.23. The molecular weight excluding hydrogens is 238 g/mol. The standard InChI is InChI=1S/C15H25N3O/c1-11-9-13(10-12(2)14(11)19)7-8-16-15(17(3)4)18(5)6/h9-10,19H,7-8H2,1-6H3. The second-order valence-corrected chi connectivity index (χ2v) is 5.30. The Bertz CT molecular complexity index is 431. The van der Waals surface area contributed by atoms with Gasteiger partial charge in [0.15, 0.2) is 5.96 Å². The summed E-state index contributed by atoms with van der Waals surface area (Å²) in [5.41, 5.74) is 3.08. The lowest BCUT2D eigenvalue weighted by Crippen LogP contribution is -2.35. The molecule has 1 aromatic rings. The molecule has 0 heterocycles. The van der Waals surface area contributed by atoms with Crippen LogP contribution in [-0.2, 0) is 6.42 Å². The summed E-state index contributed by atoms with van der Waals surface area (Å²) >= 11 is 0. The quantitative estimate of drug-likeness (QED) is 0.670. The van der Waals surface area contributed by atoms with Gasteiger partial charge in [0.1, 0.15) is 5.75 Å². The number of guanidine groups is 1. The first-order valence-corrected chi connectivity index (χ1v) is 6.51. The maximum absolute atomic E-state index is 9.75. The Morgan fingerprint density at radius 3 is 1.95 bits per heavy atom. The molecule has 0 aliphatic rings. The van der Waals surface area contributed by atoms with Crippen LogP contribution in [0.3, 0.4) is 0 Å². The fraction of sp³-hybridized carbons (Fsp3) is 0.533. The van der Waals surface area contributed by atoms with Gasteiger partial charge in [-0.05, 0) is 37.0 Å². The number of rotatable bonds is 3. The molecule has 0 bridgehead atoms. The Labute approximate surface area is 116 Å². The van der Waals surface area contributed by atoms with Gasteiger partial charge in [0.25, 0.3) is 0 Å². The van der Waals surface area contributed by atoms with Crippen LogP contribution in [0.1, 0.15) is 16.7 Å². The first kappa shape index (κ1) is 15.3. The fourth-order valence-corrected chi connectivity index (χ4v) is 2.16. The van der Waals surface area contributed by atoms with E-state index in [0.717, 1.165) is 30.1 Å². The van der Waals surface area contributed by atoms with E-state index in [1.165, 1.54) is 5.56 Å². The average molecular weight is 263 g/mol. The first-order chi connectivity index (χ1) is 8.82. The zero-order valence-electron chi connectivity index (χ0n) is 12.9. The van der Waals surface area contributed by atoms with E-state index in [4.69, 9.17) is 0 Å². The number of aryl methyl sites for hydroxylation is 2. The van der Waals surface area contributed by atoms with Gasteiger partial charge in [-0.2, -0.15) is 0 Å².